The van der Waals surface area contributed by atoms with Crippen molar-refractivity contribution in [3.63, 3.8) is 0 Å². The molecule has 0 radical (unpaired) electrons. The Bertz CT molecular complexity index is 4820. The number of hydrogen-bond acceptors (Lipinski definition) is 12. The average Bonchev–Trinajstić information content (AvgIpc) is 1.21. The number of benzene rings is 8. The smallest absolute Gasteiger partial charge is 0.488 e. The average molecular weight is 1460 g/mol. The number of ketones is 1. The lowest BCUT2D eigenvalue weighted by molar-refractivity contribution is -0.437. The molecule has 1 amide bonds. The van der Waals surface area contributed by atoms with E-state index in [-0.39, 0.29) is 22.5 Å². The maximum atomic E-state index is 12.9. The van der Waals surface area contributed by atoms with Crippen molar-refractivity contribution in [3.8, 4) is 16.9 Å². The molecule has 0 unspecified atom stereocenters. The van der Waals surface area contributed by atoms with Gasteiger partial charge in [0.25, 0.3) is 0 Å². The van der Waals surface area contributed by atoms with Crippen molar-refractivity contribution in [2.45, 2.75) is 156 Å². The zero-order valence-electron chi connectivity index (χ0n) is 63.4. The van der Waals surface area contributed by atoms with Gasteiger partial charge in [-0.2, -0.15) is 17.7 Å². The lowest BCUT2D eigenvalue weighted by Crippen LogP contribution is -2.37. The number of unbranched alkanes of at least 4 members (excludes halogenated alkanes) is 1. The third-order valence-electron chi connectivity index (χ3n) is 20.9. The second-order valence-electron chi connectivity index (χ2n) is 29.6. The standard InChI is InChI=1S/C87H99B2N5O7.C2HF3O2/c1-11-50-93-79-40-21-17-36-75(79)86(7,8)82(93)47-44-62-30-25-31-63(45-48-83-87(9,10)76-37-18-22-41-80(76)94(83)51-12-2)84(62)101-68-33-26-32-64(54-68)65-43-46-71-72(55-65)74(59-91(52-24-23-42-81(95)60(3)4)56-66-28-13-19-38-77(66)88(97)98)70-35-16-15-34-69(70)73(71)58-92(53-27-49-90-85(96)61(5)6)57-67-29-14-20-39-78(67)89(99)100;3-2(4,5)1(6)7/h13-22,26,28-29,32-41,43-48,54-55,97-100H,3,5,11-12,23-25,27,30-31,42,49-53,56-59H2,1-2,4,6-10H3;(H,6,7). The van der Waals surface area contributed by atoms with Crippen molar-refractivity contribution < 1.29 is 62.1 Å². The van der Waals surface area contributed by atoms with Crippen LogP contribution in [0, 0.1) is 0 Å². The lowest BCUT2D eigenvalue weighted by atomic mass is 9.77. The number of carboxylic acid groups (broad SMARTS) is 1. The van der Waals surface area contributed by atoms with E-state index in [1.807, 2.05) is 36.4 Å². The van der Waals surface area contributed by atoms with Crippen molar-refractivity contribution in [1.29, 1.82) is 0 Å². The lowest BCUT2D eigenvalue weighted by Gasteiger charge is -2.28. The van der Waals surface area contributed by atoms with Gasteiger partial charge in [0.15, 0.2) is 11.5 Å². The molecule has 0 bridgehead atoms. The van der Waals surface area contributed by atoms with E-state index >= 15 is 0 Å². The van der Waals surface area contributed by atoms with Crippen LogP contribution in [-0.2, 0) is 51.4 Å². The third-order valence-corrected chi connectivity index (χ3v) is 20.9. The van der Waals surface area contributed by atoms with Gasteiger partial charge in [0.05, 0.1) is 5.41 Å². The number of hydrogen-bond donors (Lipinski definition) is 5. The van der Waals surface area contributed by atoms with Gasteiger partial charge in [-0.25, -0.2) is 0 Å². The second-order valence-corrected chi connectivity index (χ2v) is 29.6. The molecule has 562 valence electrons. The molecule has 8 aromatic rings. The number of para-hydroxylation sites is 2. The van der Waals surface area contributed by atoms with Gasteiger partial charge in [0, 0.05) is 98.7 Å². The number of allylic oxidation sites excluding steroid dienone is 8. The van der Waals surface area contributed by atoms with Gasteiger partial charge in [-0.1, -0.05) is 180 Å². The Morgan fingerprint density at radius 3 is 1.82 bits per heavy atom. The summed E-state index contributed by atoms with van der Waals surface area (Å²) in [6.45, 7) is 30.3. The molecule has 19 heteroatoms. The van der Waals surface area contributed by atoms with E-state index in [2.05, 4.69) is 219 Å². The highest BCUT2D eigenvalue weighted by atomic mass is 19.4. The first-order valence-corrected chi connectivity index (χ1v) is 37.5. The molecular formula is C89H100B2F3N5O9. The normalized spacial score (nSPS) is 15.3. The quantitative estimate of drug-likeness (QED) is 0.00911. The summed E-state index contributed by atoms with van der Waals surface area (Å²) in [6, 6.07) is 56.4. The molecule has 108 heavy (non-hydrogen) atoms. The van der Waals surface area contributed by atoms with Crippen LogP contribution in [0.15, 0.2) is 235 Å². The Kier molecular flexibility index (Phi) is 26.9. The molecular weight excluding hydrogens is 1360 g/mol. The van der Waals surface area contributed by atoms with Crippen LogP contribution in [0.1, 0.15) is 147 Å². The molecule has 0 spiro atoms. The van der Waals surface area contributed by atoms with E-state index in [4.69, 9.17) is 14.6 Å². The summed E-state index contributed by atoms with van der Waals surface area (Å²) in [4.78, 5) is 41.7. The van der Waals surface area contributed by atoms with E-state index in [9.17, 15) is 42.9 Å². The summed E-state index contributed by atoms with van der Waals surface area (Å²) in [7, 11) is -3.34. The van der Waals surface area contributed by atoms with Gasteiger partial charge in [-0.15, -0.1) is 0 Å². The third kappa shape index (κ3) is 19.0. The number of rotatable bonds is 31. The SMILES string of the molecule is C=C(C)C(=O)CCCCN(Cc1ccccc1B(O)O)Cc1c2ccccc2c(CN(CCCNC(=O)C(=C)C)Cc2ccccc2B(O)O)c2ccc(-c3cccc(OC4=C(/C=C/C5=[N+](CCC)c6ccccc6C5(C)C)CCC/C4=C\C=C4\N(CCC)c5ccccc5C4(C)C)c3)cc12.O=C([O-])C(F)(F)F. The van der Waals surface area contributed by atoms with Crippen LogP contribution in [0.5, 0.6) is 5.75 Å². The van der Waals surface area contributed by atoms with Gasteiger partial charge in [-0.3, -0.25) is 19.4 Å². The number of amides is 1. The molecule has 0 atom stereocenters. The number of nitrogens with one attached hydrogen (secondary N) is 1. The Hall–Kier alpha value is -9.72. The van der Waals surface area contributed by atoms with Crippen LogP contribution >= 0.6 is 0 Å². The zero-order chi connectivity index (χ0) is 77.6. The highest BCUT2D eigenvalue weighted by Gasteiger charge is 2.44. The molecule has 2 aliphatic heterocycles. The van der Waals surface area contributed by atoms with Crippen LogP contribution in [0.2, 0.25) is 0 Å². The van der Waals surface area contributed by atoms with Gasteiger partial charge in [0.2, 0.25) is 11.6 Å². The fourth-order valence-corrected chi connectivity index (χ4v) is 15.4. The minimum Gasteiger partial charge on any atom is -0.542 e. The number of Topliss-reactive ketones (excluding diaryl/α,β-unsaturated/α-hetero) is 1. The van der Waals surface area contributed by atoms with Crippen molar-refractivity contribution in [3.05, 3.63) is 268 Å². The number of halogens is 3. The Morgan fingerprint density at radius 1 is 0.639 bits per heavy atom. The molecule has 0 saturated carbocycles. The molecule has 11 rings (SSSR count). The van der Waals surface area contributed by atoms with Crippen molar-refractivity contribution in [2.24, 2.45) is 0 Å². The fourth-order valence-electron chi connectivity index (χ4n) is 15.4. The highest BCUT2D eigenvalue weighted by Crippen LogP contribution is 2.49. The first kappa shape index (κ1) is 80.8. The highest BCUT2D eigenvalue weighted by molar-refractivity contribution is 6.59. The van der Waals surface area contributed by atoms with Gasteiger partial charge in [-0.05, 0) is 204 Å². The van der Waals surface area contributed by atoms with E-state index in [0.717, 1.165) is 129 Å². The van der Waals surface area contributed by atoms with E-state index < -0.39 is 26.4 Å². The molecule has 2 heterocycles. The van der Waals surface area contributed by atoms with Crippen molar-refractivity contribution >= 4 is 81.5 Å². The van der Waals surface area contributed by atoms with Gasteiger partial charge >= 0.3 is 20.4 Å². The van der Waals surface area contributed by atoms with Crippen LogP contribution in [0.3, 0.4) is 0 Å². The number of anilines is 1. The minimum atomic E-state index is -5.19. The van der Waals surface area contributed by atoms with Crippen molar-refractivity contribution in [2.75, 3.05) is 37.6 Å². The number of ether oxygens (including phenoxy) is 1. The first-order chi connectivity index (χ1) is 51.6. The molecule has 3 aliphatic rings. The van der Waals surface area contributed by atoms with Gasteiger partial charge < -0.3 is 45.0 Å². The topological polar surface area (TPSA) is 189 Å². The maximum Gasteiger partial charge on any atom is 0.488 e. The number of carbonyl (C=O) groups is 3. The number of carbonyl (C=O) groups excluding carboxylic acids is 3. The fraction of sp³-hybridized carbons (Fsp3) is 0.326. The Balaban J connectivity index is 0.00000169. The summed E-state index contributed by atoms with van der Waals surface area (Å²) in [5.74, 6) is -1.55. The van der Waals surface area contributed by atoms with Crippen LogP contribution in [0.25, 0.3) is 32.7 Å². The predicted molar refractivity (Wildman–Crippen MR) is 428 cm³/mol. The van der Waals surface area contributed by atoms with Crippen LogP contribution < -0.4 is 31.0 Å². The number of fused-ring (bicyclic) bond motifs is 4. The molecule has 0 saturated heterocycles. The summed E-state index contributed by atoms with van der Waals surface area (Å²) >= 11 is 0. The minimum absolute atomic E-state index is 0.0471. The summed E-state index contributed by atoms with van der Waals surface area (Å²) in [5, 5.41) is 58.8. The van der Waals surface area contributed by atoms with Crippen LogP contribution in [0.4, 0.5) is 24.5 Å². The summed E-state index contributed by atoms with van der Waals surface area (Å²) < 4.78 is 41.5. The number of carboxylic acids is 1. The Labute approximate surface area is 634 Å². The summed E-state index contributed by atoms with van der Waals surface area (Å²) in [6.07, 6.45) is 11.3. The number of alkyl halides is 3. The molecule has 14 nitrogen and oxygen atoms in total. The number of aliphatic carboxylic acids is 1. The molecule has 0 fully saturated rings. The molecule has 0 aromatic heterocycles. The maximum absolute atomic E-state index is 12.9. The monoisotopic (exact) mass is 1460 g/mol. The molecule has 1 aliphatic carbocycles. The predicted octanol–water partition coefficient (Wildman–Crippen LogP) is 14.6. The van der Waals surface area contributed by atoms with E-state index in [1.165, 1.54) is 33.9 Å². The van der Waals surface area contributed by atoms with Gasteiger partial charge in [0.1, 0.15) is 24.0 Å². The second kappa shape index (κ2) is 36.0. The Morgan fingerprint density at radius 2 is 1.21 bits per heavy atom. The molecule has 8 aromatic carbocycles. The summed E-state index contributed by atoms with van der Waals surface area (Å²) in [5.41, 5.74) is 17.2. The molecule has 5 N–H and O–H groups in total. The van der Waals surface area contributed by atoms with E-state index in [1.54, 1.807) is 26.0 Å². The van der Waals surface area contributed by atoms with E-state index in [0.29, 0.717) is 87.1 Å². The van der Waals surface area contributed by atoms with Crippen molar-refractivity contribution in [1.82, 2.24) is 15.1 Å². The largest absolute Gasteiger partial charge is 0.542 e. The first-order valence-electron chi connectivity index (χ1n) is 37.5. The number of nitrogens with zero attached hydrogens (tertiary/aromatic N) is 4. The van der Waals surface area contributed by atoms with Crippen LogP contribution in [-0.4, -0.2) is 111 Å². The zero-order valence-corrected chi connectivity index (χ0v) is 63.4.